The minimum Gasteiger partial charge on any atom is -0.461 e. The zero-order valence-electron chi connectivity index (χ0n) is 61.6. The highest BCUT2D eigenvalue weighted by Gasteiger charge is 2.43. The average molecular weight is 1280 g/mol. The van der Waals surface area contributed by atoms with E-state index in [-0.39, 0.29) is 56.2 Å². The summed E-state index contributed by atoms with van der Waals surface area (Å²) in [6.07, 6.45) is 16.7. The molecule has 2 aromatic heterocycles. The van der Waals surface area contributed by atoms with E-state index >= 15 is 0 Å². The highest BCUT2D eigenvalue weighted by Crippen LogP contribution is 2.46. The molecule has 91 heavy (non-hydrogen) atoms. The van der Waals surface area contributed by atoms with Crippen molar-refractivity contribution in [3.05, 3.63) is 170 Å². The molecular weight excluding hydrogens is 1160 g/mol. The van der Waals surface area contributed by atoms with Crippen LogP contribution >= 0.6 is 0 Å². The largest absolute Gasteiger partial charge is 0.461 e. The Morgan fingerprint density at radius 3 is 1.10 bits per heavy atom. The van der Waals surface area contributed by atoms with Gasteiger partial charge >= 0.3 is 12.3 Å². The van der Waals surface area contributed by atoms with Crippen LogP contribution in [0.4, 0.5) is 0 Å². The molecule has 0 spiro atoms. The average Bonchev–Trinajstić information content (AvgIpc) is 1.08. The lowest BCUT2D eigenvalue weighted by Gasteiger charge is -2.43. The predicted molar refractivity (Wildman–Crippen MR) is 386 cm³/mol. The van der Waals surface area contributed by atoms with Crippen molar-refractivity contribution < 1.29 is 36.9 Å². The van der Waals surface area contributed by atoms with Crippen LogP contribution in [0.25, 0.3) is 28.7 Å². The van der Waals surface area contributed by atoms with Crippen molar-refractivity contribution >= 4 is 35.0 Å². The normalized spacial score (nSPS) is 13.3. The van der Waals surface area contributed by atoms with Crippen molar-refractivity contribution in [2.24, 2.45) is 10.8 Å². The zero-order chi connectivity index (χ0) is 69.1. The lowest BCUT2D eigenvalue weighted by molar-refractivity contribution is -0.193. The Kier molecular flexibility index (Phi) is 29.7. The molecule has 0 saturated heterocycles. The van der Waals surface area contributed by atoms with Crippen LogP contribution < -0.4 is 0 Å². The van der Waals surface area contributed by atoms with Crippen molar-refractivity contribution in [1.29, 1.82) is 0 Å². The first-order valence-corrected chi connectivity index (χ1v) is 39.7. The van der Waals surface area contributed by atoms with Crippen LogP contribution in [0.1, 0.15) is 243 Å². The van der Waals surface area contributed by atoms with Gasteiger partial charge in [0.25, 0.3) is 0 Å². The van der Waals surface area contributed by atoms with Gasteiger partial charge in [0.1, 0.15) is 23.0 Å². The Hall–Kier alpha value is -5.71. The van der Waals surface area contributed by atoms with Gasteiger partial charge in [0.2, 0.25) is 0 Å². The summed E-state index contributed by atoms with van der Waals surface area (Å²) in [5.41, 5.74) is 16.4. The molecule has 8 nitrogen and oxygen atoms in total. The molecule has 4 aromatic carbocycles. The van der Waals surface area contributed by atoms with Gasteiger partial charge < -0.3 is 17.7 Å². The van der Waals surface area contributed by atoms with Crippen molar-refractivity contribution in [2.75, 3.05) is 0 Å². The van der Waals surface area contributed by atoms with E-state index in [0.717, 1.165) is 93.7 Å². The molecule has 0 aliphatic heterocycles. The van der Waals surface area contributed by atoms with Crippen LogP contribution in [0.2, 0.25) is 36.3 Å². The summed E-state index contributed by atoms with van der Waals surface area (Å²) in [4.78, 5) is 32.5. The number of rotatable bonds is 24. The van der Waals surface area contributed by atoms with Crippen LogP contribution in [0, 0.1) is 38.5 Å². The fourth-order valence-corrected chi connectivity index (χ4v) is 15.3. The van der Waals surface area contributed by atoms with E-state index in [4.69, 9.17) is 36.9 Å². The summed E-state index contributed by atoms with van der Waals surface area (Å²) >= 11 is 0. The molecule has 0 N–H and O–H groups in total. The fourth-order valence-electron chi connectivity index (χ4n) is 12.2. The van der Waals surface area contributed by atoms with Crippen LogP contribution in [0.3, 0.4) is 0 Å². The van der Waals surface area contributed by atoms with E-state index in [0.29, 0.717) is 0 Å². The first kappa shape index (κ1) is 79.5. The Morgan fingerprint density at radius 1 is 0.451 bits per heavy atom. The van der Waals surface area contributed by atoms with E-state index < -0.39 is 16.6 Å². The Labute approximate surface area is 554 Å². The maximum atomic E-state index is 8.12. The number of furan rings is 2. The van der Waals surface area contributed by atoms with E-state index in [1.54, 1.807) is 0 Å². The quantitative estimate of drug-likeness (QED) is 0.0551. The van der Waals surface area contributed by atoms with Crippen molar-refractivity contribution in [1.82, 2.24) is 0 Å². The molecule has 0 fully saturated rings. The second kappa shape index (κ2) is 33.9. The number of aryl methyl sites for hydroxylation is 7. The fraction of sp³-hybridized carbons (Fsp3) is 0.556. The van der Waals surface area contributed by atoms with E-state index in [2.05, 4.69) is 288 Å². The standard InChI is InChI=1S/C40H60O2Si.C39H60O2Si.2CO2/c1-14-17-18-34-23-25-36(41-34)35-24-22-33(28-30(35)5)40(15-2,16-3)32-21-19-31(29(4)27-32)20-26-37(38(6,7)8)42-43(12,13)39(9,10)11;1-14-17-33-22-24-35(40-33)34-23-21-32(27-29(34)5)39(15-2,16-3)31-20-18-30(28(4)26-31)19-25-36(37(6,7)8)41-42(12,13)38(9,10)11;2*2-1-3/h17-19,21-25,27-28,37H,14-16,20,26H2,1-13H3;18,20-24,26-27,36H,14-17,19,25H2,1-13H3;;/b18-17+;;;. The van der Waals surface area contributed by atoms with Gasteiger partial charge in [0.15, 0.2) is 16.6 Å². The predicted octanol–water partition coefficient (Wildman–Crippen LogP) is 23.3. The number of carbonyl (C=O) groups excluding carboxylic acids is 4. The van der Waals surface area contributed by atoms with Gasteiger partial charge in [0.05, 0.1) is 12.2 Å². The first-order valence-electron chi connectivity index (χ1n) is 33.9. The molecule has 2 unspecified atom stereocenters. The molecule has 6 rings (SSSR count). The topological polar surface area (TPSA) is 113 Å². The second-order valence-electron chi connectivity index (χ2n) is 30.7. The third kappa shape index (κ3) is 20.9. The van der Waals surface area contributed by atoms with Gasteiger partial charge in [-0.25, -0.2) is 0 Å². The molecule has 0 aliphatic carbocycles. The minimum absolute atomic E-state index is 0.0114. The molecule has 2 heterocycles. The Morgan fingerprint density at radius 2 is 0.791 bits per heavy atom. The van der Waals surface area contributed by atoms with Crippen molar-refractivity contribution in [2.45, 2.75) is 282 Å². The van der Waals surface area contributed by atoms with E-state index in [9.17, 15) is 0 Å². The molecule has 500 valence electrons. The first-order chi connectivity index (χ1) is 42.3. The van der Waals surface area contributed by atoms with E-state index in [1.807, 2.05) is 0 Å². The van der Waals surface area contributed by atoms with Crippen LogP contribution in [0.5, 0.6) is 0 Å². The van der Waals surface area contributed by atoms with Crippen LogP contribution in [0.15, 0.2) is 112 Å². The summed E-state index contributed by atoms with van der Waals surface area (Å²) in [6.45, 7) is 60.3. The number of hydrogen-bond acceptors (Lipinski definition) is 8. The molecule has 0 radical (unpaired) electrons. The summed E-state index contributed by atoms with van der Waals surface area (Å²) in [7, 11) is -3.70. The molecule has 6 aromatic rings. The molecule has 0 amide bonds. The molecule has 2 atom stereocenters. The Bertz CT molecular complexity index is 3310. The maximum absolute atomic E-state index is 8.12. The highest BCUT2D eigenvalue weighted by atomic mass is 28.4. The van der Waals surface area contributed by atoms with Gasteiger partial charge in [0, 0.05) is 28.4 Å². The molecule has 0 aliphatic rings. The van der Waals surface area contributed by atoms with Crippen LogP contribution in [-0.2, 0) is 58.1 Å². The van der Waals surface area contributed by atoms with Gasteiger partial charge in [-0.1, -0.05) is 203 Å². The number of benzene rings is 4. The van der Waals surface area contributed by atoms with Gasteiger partial charge in [-0.15, -0.1) is 0 Å². The second-order valence-corrected chi connectivity index (χ2v) is 40.2. The third-order valence-electron chi connectivity index (χ3n) is 20.4. The Balaban J connectivity index is 0.000000437. The van der Waals surface area contributed by atoms with E-state index in [1.165, 1.54) is 66.8 Å². The summed E-state index contributed by atoms with van der Waals surface area (Å²) in [5.74, 6) is 3.90. The SMILES string of the molecule is CC/C=C/c1ccc(-c2ccc(C(CC)(CC)c3ccc(CCC(O[Si](C)(C)C(C)(C)C)C(C)(C)C)c(C)c3)cc2C)o1.CCCc1ccc(-c2ccc(C(CC)(CC)c3ccc(CCC(O[Si](C)(C)C(C)(C)C)C(C)(C)C)c(C)c3)cc2C)o1.O=C=O.O=C=O. The third-order valence-corrected chi connectivity index (χ3v) is 29.3. The summed E-state index contributed by atoms with van der Waals surface area (Å²) in [6, 6.07) is 36.9. The van der Waals surface area contributed by atoms with Crippen molar-refractivity contribution in [3.8, 4) is 22.6 Å². The maximum Gasteiger partial charge on any atom is 0.373 e. The van der Waals surface area contributed by atoms with Gasteiger partial charge in [-0.05, 0) is 225 Å². The minimum atomic E-state index is -1.85. The van der Waals surface area contributed by atoms with Gasteiger partial charge in [-0.2, -0.15) is 19.2 Å². The zero-order valence-corrected chi connectivity index (χ0v) is 63.6. The van der Waals surface area contributed by atoms with Crippen molar-refractivity contribution in [3.63, 3.8) is 0 Å². The number of allylic oxidation sites excluding steroid dienone is 1. The summed E-state index contributed by atoms with van der Waals surface area (Å²) in [5, 5.41) is 0.422. The lowest BCUT2D eigenvalue weighted by Crippen LogP contribution is -2.47. The molecule has 0 bridgehead atoms. The highest BCUT2D eigenvalue weighted by molar-refractivity contribution is 6.74. The monoisotopic (exact) mass is 1280 g/mol. The summed E-state index contributed by atoms with van der Waals surface area (Å²) < 4.78 is 26.3. The molecular formula is C81H120O8Si2. The smallest absolute Gasteiger partial charge is 0.373 e. The van der Waals surface area contributed by atoms with Crippen LogP contribution in [-0.4, -0.2) is 41.1 Å². The molecule has 10 heteroatoms. The van der Waals surface area contributed by atoms with Gasteiger partial charge in [-0.3, -0.25) is 0 Å². The lowest BCUT2D eigenvalue weighted by atomic mass is 9.69. The molecule has 0 saturated carbocycles. The number of hydrogen-bond donors (Lipinski definition) is 0.